The van der Waals surface area contributed by atoms with Crippen LogP contribution in [0.2, 0.25) is 0 Å². The van der Waals surface area contributed by atoms with Gasteiger partial charge in [-0.25, -0.2) is 4.79 Å². The molecule has 0 bridgehead atoms. The lowest BCUT2D eigenvalue weighted by molar-refractivity contribution is -0.115. The average Bonchev–Trinajstić information content (AvgIpc) is 2.63. The predicted octanol–water partition coefficient (Wildman–Crippen LogP) is 2.31. The quantitative estimate of drug-likeness (QED) is 0.861. The van der Waals surface area contributed by atoms with Crippen LogP contribution in [0.5, 0.6) is 0 Å². The van der Waals surface area contributed by atoms with Crippen molar-refractivity contribution in [3.63, 3.8) is 0 Å². The van der Waals surface area contributed by atoms with Crippen LogP contribution >= 0.6 is 0 Å². The van der Waals surface area contributed by atoms with Crippen LogP contribution < -0.4 is 16.0 Å². The summed E-state index contributed by atoms with van der Waals surface area (Å²) < 4.78 is 5.02. The molecule has 7 nitrogen and oxygen atoms in total. The van der Waals surface area contributed by atoms with Crippen molar-refractivity contribution in [2.45, 2.75) is 12.8 Å². The maximum absolute atomic E-state index is 12.2. The van der Waals surface area contributed by atoms with Gasteiger partial charge in [0.1, 0.15) is 0 Å². The second-order valence-corrected chi connectivity index (χ2v) is 5.91. The largest absolute Gasteiger partial charge is 0.449 e. The zero-order chi connectivity index (χ0) is 18.5. The second-order valence-electron chi connectivity index (χ2n) is 5.91. The minimum Gasteiger partial charge on any atom is -0.449 e. The molecule has 1 saturated heterocycles. The van der Waals surface area contributed by atoms with E-state index in [0.29, 0.717) is 35.7 Å². The first-order valence-corrected chi connectivity index (χ1v) is 8.26. The third-order valence-electron chi connectivity index (χ3n) is 4.07. The summed E-state index contributed by atoms with van der Waals surface area (Å²) in [5.41, 5.74) is 7.55. The first-order chi connectivity index (χ1) is 12.5. The first kappa shape index (κ1) is 17.5. The van der Waals surface area contributed by atoms with E-state index in [0.717, 1.165) is 6.42 Å². The van der Waals surface area contributed by atoms with Gasteiger partial charge in [-0.15, -0.1) is 0 Å². The Kier molecular flexibility index (Phi) is 5.17. The Morgan fingerprint density at radius 2 is 1.85 bits per heavy atom. The van der Waals surface area contributed by atoms with Gasteiger partial charge in [0, 0.05) is 23.5 Å². The number of nitrogens with one attached hydrogen (secondary N) is 1. The number of anilines is 2. The number of rotatable bonds is 5. The van der Waals surface area contributed by atoms with Crippen LogP contribution in [0.3, 0.4) is 0 Å². The summed E-state index contributed by atoms with van der Waals surface area (Å²) >= 11 is 0. The van der Waals surface area contributed by atoms with Crippen molar-refractivity contribution in [1.29, 1.82) is 0 Å². The third kappa shape index (κ3) is 4.00. The van der Waals surface area contributed by atoms with Gasteiger partial charge in [-0.2, -0.15) is 0 Å². The maximum Gasteiger partial charge on any atom is 0.414 e. The minimum atomic E-state index is -0.564. The molecule has 26 heavy (non-hydrogen) atoms. The molecular weight excluding hydrogens is 334 g/mol. The Balaban J connectivity index is 1.65. The predicted molar refractivity (Wildman–Crippen MR) is 97.0 cm³/mol. The van der Waals surface area contributed by atoms with Crippen molar-refractivity contribution in [3.8, 4) is 0 Å². The van der Waals surface area contributed by atoms with Crippen LogP contribution in [-0.4, -0.2) is 31.1 Å². The fraction of sp³-hybridized carbons (Fsp3) is 0.211. The van der Waals surface area contributed by atoms with E-state index in [1.807, 2.05) is 0 Å². The van der Waals surface area contributed by atoms with E-state index in [1.165, 1.54) is 0 Å². The van der Waals surface area contributed by atoms with Crippen LogP contribution in [0.1, 0.15) is 22.3 Å². The first-order valence-electron chi connectivity index (χ1n) is 8.26. The van der Waals surface area contributed by atoms with Gasteiger partial charge in [0.2, 0.25) is 11.8 Å². The summed E-state index contributed by atoms with van der Waals surface area (Å²) in [5.74, 6) is -0.824. The molecular formula is C19H19N3O4. The third-order valence-corrected chi connectivity index (χ3v) is 4.07. The molecule has 7 heteroatoms. The lowest BCUT2D eigenvalue weighted by Gasteiger charge is -2.26. The van der Waals surface area contributed by atoms with E-state index < -0.39 is 5.91 Å². The molecule has 0 spiro atoms. The highest BCUT2D eigenvalue weighted by Crippen LogP contribution is 2.21. The highest BCUT2D eigenvalue weighted by molar-refractivity contribution is 5.98. The molecule has 1 heterocycles. The molecule has 0 unspecified atom stereocenters. The normalized spacial score (nSPS) is 13.8. The van der Waals surface area contributed by atoms with Crippen LogP contribution in [0.4, 0.5) is 16.2 Å². The number of carbonyl (C=O) groups excluding carboxylic acids is 3. The Hall–Kier alpha value is -3.35. The summed E-state index contributed by atoms with van der Waals surface area (Å²) in [4.78, 5) is 37.0. The minimum absolute atomic E-state index is 0.0410. The van der Waals surface area contributed by atoms with Crippen molar-refractivity contribution in [2.24, 2.45) is 5.73 Å². The fourth-order valence-corrected chi connectivity index (χ4v) is 2.80. The molecule has 3 N–H and O–H groups in total. The molecule has 134 valence electrons. The number of carbonyl (C=O) groups is 3. The van der Waals surface area contributed by atoms with Gasteiger partial charge in [-0.3, -0.25) is 14.5 Å². The van der Waals surface area contributed by atoms with Gasteiger partial charge < -0.3 is 15.8 Å². The number of nitrogens with two attached hydrogens (primary N) is 1. The summed E-state index contributed by atoms with van der Waals surface area (Å²) in [6.07, 6.45) is 0.458. The van der Waals surface area contributed by atoms with E-state index in [1.54, 1.807) is 53.4 Å². The zero-order valence-electron chi connectivity index (χ0n) is 14.1. The summed E-state index contributed by atoms with van der Waals surface area (Å²) in [5, 5.41) is 2.77. The standard InChI is InChI=1S/C19H19N3O4/c20-18(24)16-5-2-1-4-13(16)12-17(23)21-14-6-8-15(9-7-14)22-10-3-11-26-19(22)25/h1-2,4-9H,3,10-12H2,(H2,20,24)(H,21,23). The van der Waals surface area contributed by atoms with Gasteiger partial charge in [-0.05, 0) is 42.3 Å². The van der Waals surface area contributed by atoms with Crippen LogP contribution in [0, 0.1) is 0 Å². The molecule has 1 aliphatic heterocycles. The van der Waals surface area contributed by atoms with Crippen molar-refractivity contribution in [1.82, 2.24) is 0 Å². The smallest absolute Gasteiger partial charge is 0.414 e. The molecule has 0 atom stereocenters. The Morgan fingerprint density at radius 1 is 1.12 bits per heavy atom. The number of nitrogens with zero attached hydrogens (tertiary/aromatic N) is 1. The van der Waals surface area contributed by atoms with Gasteiger partial charge in [0.05, 0.1) is 13.0 Å². The molecule has 0 aliphatic carbocycles. The van der Waals surface area contributed by atoms with Gasteiger partial charge in [0.25, 0.3) is 0 Å². The number of ether oxygens (including phenoxy) is 1. The molecule has 1 fully saturated rings. The van der Waals surface area contributed by atoms with Gasteiger partial charge in [-0.1, -0.05) is 18.2 Å². The Morgan fingerprint density at radius 3 is 2.54 bits per heavy atom. The molecule has 2 aromatic carbocycles. The van der Waals surface area contributed by atoms with Crippen LogP contribution in [0.25, 0.3) is 0 Å². The van der Waals surface area contributed by atoms with E-state index in [-0.39, 0.29) is 18.4 Å². The average molecular weight is 353 g/mol. The molecule has 0 aromatic heterocycles. The highest BCUT2D eigenvalue weighted by atomic mass is 16.6. The van der Waals surface area contributed by atoms with Crippen LogP contribution in [0.15, 0.2) is 48.5 Å². The van der Waals surface area contributed by atoms with Crippen LogP contribution in [-0.2, 0) is 16.0 Å². The van der Waals surface area contributed by atoms with Crippen molar-refractivity contribution < 1.29 is 19.1 Å². The fourth-order valence-electron chi connectivity index (χ4n) is 2.80. The van der Waals surface area contributed by atoms with Crippen molar-refractivity contribution in [3.05, 3.63) is 59.7 Å². The number of primary amides is 1. The number of hydrogen-bond donors (Lipinski definition) is 2. The molecule has 3 amide bonds. The lowest BCUT2D eigenvalue weighted by atomic mass is 10.0. The number of cyclic esters (lactones) is 1. The highest BCUT2D eigenvalue weighted by Gasteiger charge is 2.21. The SMILES string of the molecule is NC(=O)c1ccccc1CC(=O)Nc1ccc(N2CCCOC2=O)cc1. The molecule has 1 aliphatic rings. The molecule has 3 rings (SSSR count). The molecule has 0 saturated carbocycles. The number of benzene rings is 2. The monoisotopic (exact) mass is 353 g/mol. The van der Waals surface area contributed by atoms with Crippen molar-refractivity contribution >= 4 is 29.3 Å². The van der Waals surface area contributed by atoms with Crippen molar-refractivity contribution in [2.75, 3.05) is 23.4 Å². The zero-order valence-corrected chi connectivity index (χ0v) is 14.1. The Bertz CT molecular complexity index is 833. The van der Waals surface area contributed by atoms with E-state index in [4.69, 9.17) is 10.5 Å². The molecule has 0 radical (unpaired) electrons. The Labute approximate surface area is 150 Å². The van der Waals surface area contributed by atoms with E-state index in [9.17, 15) is 14.4 Å². The summed E-state index contributed by atoms with van der Waals surface area (Å²) in [7, 11) is 0. The number of hydrogen-bond acceptors (Lipinski definition) is 4. The lowest BCUT2D eigenvalue weighted by Crippen LogP contribution is -2.37. The summed E-state index contributed by atoms with van der Waals surface area (Å²) in [6.45, 7) is 1.05. The summed E-state index contributed by atoms with van der Waals surface area (Å²) in [6, 6.07) is 13.7. The molecule has 2 aromatic rings. The maximum atomic E-state index is 12.2. The van der Waals surface area contributed by atoms with E-state index >= 15 is 0 Å². The second kappa shape index (κ2) is 7.69. The van der Waals surface area contributed by atoms with Gasteiger partial charge in [0.15, 0.2) is 0 Å². The topological polar surface area (TPSA) is 102 Å². The van der Waals surface area contributed by atoms with E-state index in [2.05, 4.69) is 5.32 Å². The number of amides is 3. The van der Waals surface area contributed by atoms with Gasteiger partial charge >= 0.3 is 6.09 Å².